The van der Waals surface area contributed by atoms with Crippen LogP contribution in [-0.4, -0.2) is 48.1 Å². The summed E-state index contributed by atoms with van der Waals surface area (Å²) in [5.74, 6) is -0.370. The Labute approximate surface area is 210 Å². The molecule has 9 nitrogen and oxygen atoms in total. The molecule has 2 aromatic carbocycles. The van der Waals surface area contributed by atoms with Crippen LogP contribution < -0.4 is 19.1 Å². The first-order valence-electron chi connectivity index (χ1n) is 10.8. The van der Waals surface area contributed by atoms with Gasteiger partial charge in [-0.1, -0.05) is 17.4 Å². The average Bonchev–Trinajstić information content (AvgIpc) is 3.45. The molecule has 0 radical (unpaired) electrons. The smallest absolute Gasteiger partial charge is 0.301 e. The summed E-state index contributed by atoms with van der Waals surface area (Å²) in [6.45, 7) is 0. The molecule has 2 aromatic heterocycles. The van der Waals surface area contributed by atoms with Gasteiger partial charge in [0.25, 0.3) is 5.78 Å². The highest BCUT2D eigenvalue weighted by atomic mass is 32.1. The highest BCUT2D eigenvalue weighted by Crippen LogP contribution is 2.46. The number of aliphatic hydroxyl groups excluding tert-OH is 1. The number of carbonyl (C=O) groups excluding carboxylic acids is 2. The topological polar surface area (TPSA) is 111 Å². The lowest BCUT2D eigenvalue weighted by Crippen LogP contribution is -2.29. The number of fused-ring (bicyclic) bond motifs is 1. The van der Waals surface area contributed by atoms with Gasteiger partial charge in [0.2, 0.25) is 0 Å². The maximum atomic E-state index is 13.4. The van der Waals surface area contributed by atoms with E-state index in [-0.39, 0.29) is 11.3 Å². The first-order valence-corrected chi connectivity index (χ1v) is 11.7. The number of carbonyl (C=O) groups is 2. The minimum absolute atomic E-state index is 0.0599. The molecular weight excluding hydrogens is 482 g/mol. The van der Waals surface area contributed by atoms with Crippen molar-refractivity contribution >= 4 is 44.1 Å². The molecule has 36 heavy (non-hydrogen) atoms. The van der Waals surface area contributed by atoms with Crippen LogP contribution in [0.1, 0.15) is 17.2 Å². The van der Waals surface area contributed by atoms with E-state index in [9.17, 15) is 14.7 Å². The molecule has 5 rings (SSSR count). The summed E-state index contributed by atoms with van der Waals surface area (Å²) < 4.78 is 16.9. The lowest BCUT2D eigenvalue weighted by atomic mass is 9.95. The zero-order valence-electron chi connectivity index (χ0n) is 19.6. The van der Waals surface area contributed by atoms with Crippen LogP contribution in [0.2, 0.25) is 0 Å². The Bertz CT molecular complexity index is 1510. The molecule has 1 aliphatic rings. The van der Waals surface area contributed by atoms with Crippen LogP contribution in [0.25, 0.3) is 16.0 Å². The molecule has 0 bridgehead atoms. The summed E-state index contributed by atoms with van der Waals surface area (Å²) in [5.41, 5.74) is 1.50. The van der Waals surface area contributed by atoms with Gasteiger partial charge in [-0.25, -0.2) is 4.98 Å². The first-order chi connectivity index (χ1) is 17.5. The molecule has 1 atom stereocenters. The first kappa shape index (κ1) is 23.3. The maximum absolute atomic E-state index is 13.4. The number of anilines is 1. The van der Waals surface area contributed by atoms with E-state index in [1.54, 1.807) is 49.6 Å². The third-order valence-corrected chi connectivity index (χ3v) is 6.93. The van der Waals surface area contributed by atoms with E-state index in [1.165, 1.54) is 42.8 Å². The Hall–Kier alpha value is -4.44. The number of methoxy groups -OCH3 is 3. The number of Topliss-reactive ketones (excluding diaryl/α,β-unsaturated/α-hetero) is 1. The van der Waals surface area contributed by atoms with Crippen LogP contribution in [-0.2, 0) is 9.59 Å². The van der Waals surface area contributed by atoms with Gasteiger partial charge in [0, 0.05) is 18.0 Å². The van der Waals surface area contributed by atoms with Crippen LogP contribution in [0.15, 0.2) is 66.5 Å². The number of hydrogen-bond acceptors (Lipinski definition) is 9. The molecule has 4 aromatic rings. The van der Waals surface area contributed by atoms with Crippen LogP contribution in [0.4, 0.5) is 5.13 Å². The van der Waals surface area contributed by atoms with Crippen LogP contribution in [0.3, 0.4) is 0 Å². The Kier molecular flexibility index (Phi) is 6.03. The number of amides is 1. The van der Waals surface area contributed by atoms with Crippen LogP contribution >= 0.6 is 11.3 Å². The number of ketones is 1. The summed E-state index contributed by atoms with van der Waals surface area (Å²) in [4.78, 5) is 36.7. The molecular formula is C26H21N3O6S. The van der Waals surface area contributed by atoms with Crippen molar-refractivity contribution in [3.8, 4) is 17.2 Å². The Morgan fingerprint density at radius 1 is 0.944 bits per heavy atom. The third kappa shape index (κ3) is 3.81. The zero-order chi connectivity index (χ0) is 25.4. The number of nitrogens with zero attached hydrogens (tertiary/aromatic N) is 3. The SMILES string of the molecule is COc1ccc2nc(N3C(=O)C(=O)C(=C(O)c4ccncc4)C3c3ccc(OC)c(OC)c3)sc2c1. The van der Waals surface area contributed by atoms with Crippen LogP contribution in [0, 0.1) is 0 Å². The second kappa shape index (κ2) is 9.31. The number of hydrogen-bond donors (Lipinski definition) is 1. The monoisotopic (exact) mass is 503 g/mol. The molecule has 1 fully saturated rings. The standard InChI is InChI=1S/C26H21N3O6S/c1-33-16-5-6-17-20(13-16)36-26(28-17)29-22(15-4-7-18(34-2)19(12-15)35-3)21(24(31)25(29)32)23(30)14-8-10-27-11-9-14/h4-13,22,30H,1-3H3. The lowest BCUT2D eigenvalue weighted by Gasteiger charge is -2.23. The molecule has 10 heteroatoms. The fourth-order valence-electron chi connectivity index (χ4n) is 4.16. The fraction of sp³-hybridized carbons (Fsp3) is 0.154. The van der Waals surface area contributed by atoms with Gasteiger partial charge in [0.15, 0.2) is 16.6 Å². The fourth-order valence-corrected chi connectivity index (χ4v) is 5.18. The second-order valence-corrected chi connectivity index (χ2v) is 8.86. The minimum Gasteiger partial charge on any atom is -0.507 e. The summed E-state index contributed by atoms with van der Waals surface area (Å²) in [6, 6.07) is 12.6. The Morgan fingerprint density at radius 2 is 1.69 bits per heavy atom. The van der Waals surface area contributed by atoms with Crippen molar-refractivity contribution in [2.75, 3.05) is 26.2 Å². The number of aliphatic hydroxyl groups is 1. The summed E-state index contributed by atoms with van der Waals surface area (Å²) in [6.07, 6.45) is 2.99. The van der Waals surface area contributed by atoms with Crippen molar-refractivity contribution in [1.29, 1.82) is 0 Å². The molecule has 3 heterocycles. The predicted octanol–water partition coefficient (Wildman–Crippen LogP) is 4.34. The van der Waals surface area contributed by atoms with Gasteiger partial charge < -0.3 is 19.3 Å². The molecule has 182 valence electrons. The van der Waals surface area contributed by atoms with E-state index in [0.717, 1.165) is 4.70 Å². The van der Waals surface area contributed by atoms with Crippen molar-refractivity contribution in [3.63, 3.8) is 0 Å². The molecule has 0 spiro atoms. The van der Waals surface area contributed by atoms with E-state index in [1.807, 2.05) is 6.07 Å². The van der Waals surface area contributed by atoms with E-state index in [4.69, 9.17) is 14.2 Å². The number of thiazole rings is 1. The number of aromatic nitrogens is 2. The van der Waals surface area contributed by atoms with Gasteiger partial charge in [-0.15, -0.1) is 0 Å². The van der Waals surface area contributed by atoms with E-state index >= 15 is 0 Å². The molecule has 1 aliphatic heterocycles. The van der Waals surface area contributed by atoms with E-state index < -0.39 is 17.7 Å². The van der Waals surface area contributed by atoms with Gasteiger partial charge in [0.1, 0.15) is 11.5 Å². The quantitative estimate of drug-likeness (QED) is 0.235. The predicted molar refractivity (Wildman–Crippen MR) is 135 cm³/mol. The van der Waals surface area contributed by atoms with Crippen LogP contribution in [0.5, 0.6) is 17.2 Å². The maximum Gasteiger partial charge on any atom is 0.301 e. The zero-order valence-corrected chi connectivity index (χ0v) is 20.4. The van der Waals surface area contributed by atoms with Crippen molar-refractivity contribution in [2.24, 2.45) is 0 Å². The Balaban J connectivity index is 1.74. The molecule has 1 amide bonds. The number of ether oxygens (including phenoxy) is 3. The normalized spacial score (nSPS) is 17.0. The second-order valence-electron chi connectivity index (χ2n) is 7.85. The summed E-state index contributed by atoms with van der Waals surface area (Å²) >= 11 is 1.25. The van der Waals surface area contributed by atoms with Gasteiger partial charge in [-0.05, 0) is 48.0 Å². The third-order valence-electron chi connectivity index (χ3n) is 5.91. The largest absolute Gasteiger partial charge is 0.507 e. The lowest BCUT2D eigenvalue weighted by molar-refractivity contribution is -0.132. The number of pyridine rings is 1. The van der Waals surface area contributed by atoms with Gasteiger partial charge >= 0.3 is 5.91 Å². The molecule has 1 saturated heterocycles. The highest BCUT2D eigenvalue weighted by Gasteiger charge is 2.48. The minimum atomic E-state index is -0.958. The van der Waals surface area contributed by atoms with Gasteiger partial charge in [0.05, 0.1) is 43.2 Å². The van der Waals surface area contributed by atoms with Crippen molar-refractivity contribution in [3.05, 3.63) is 77.6 Å². The average molecular weight is 504 g/mol. The van der Waals surface area contributed by atoms with E-state index in [2.05, 4.69) is 9.97 Å². The number of rotatable bonds is 6. The highest BCUT2D eigenvalue weighted by molar-refractivity contribution is 7.22. The molecule has 1 unspecified atom stereocenters. The summed E-state index contributed by atoms with van der Waals surface area (Å²) in [5, 5.41) is 11.5. The molecule has 0 saturated carbocycles. The van der Waals surface area contributed by atoms with Crippen molar-refractivity contribution in [2.45, 2.75) is 6.04 Å². The van der Waals surface area contributed by atoms with Crippen molar-refractivity contribution < 1.29 is 28.9 Å². The molecule has 1 N–H and O–H groups in total. The van der Waals surface area contributed by atoms with Crippen molar-refractivity contribution in [1.82, 2.24) is 9.97 Å². The van der Waals surface area contributed by atoms with Gasteiger partial charge in [-0.3, -0.25) is 19.5 Å². The van der Waals surface area contributed by atoms with E-state index in [0.29, 0.717) is 39.0 Å². The van der Waals surface area contributed by atoms with Gasteiger partial charge in [-0.2, -0.15) is 0 Å². The Morgan fingerprint density at radius 3 is 2.39 bits per heavy atom. The molecule has 0 aliphatic carbocycles. The summed E-state index contributed by atoms with van der Waals surface area (Å²) in [7, 11) is 4.58. The number of benzene rings is 2.